The normalized spacial score (nSPS) is 12.7. The van der Waals surface area contributed by atoms with Crippen LogP contribution in [-0.4, -0.2) is 15.3 Å². The number of aliphatic hydroxyl groups is 1. The Labute approximate surface area is 87.7 Å². The first-order valence-corrected chi connectivity index (χ1v) is 4.75. The quantitative estimate of drug-likeness (QED) is 0.695. The number of benzene rings is 1. The fourth-order valence-corrected chi connectivity index (χ4v) is 1.47. The van der Waals surface area contributed by atoms with Gasteiger partial charge in [0.05, 0.1) is 12.3 Å². The van der Waals surface area contributed by atoms with Crippen LogP contribution in [0.25, 0.3) is 11.1 Å². The number of nitrogens with zero attached hydrogens (tertiary/aromatic N) is 1. The first-order chi connectivity index (χ1) is 7.18. The van der Waals surface area contributed by atoms with Gasteiger partial charge in [-0.1, -0.05) is 24.3 Å². The predicted molar refractivity (Wildman–Crippen MR) is 59.1 cm³/mol. The summed E-state index contributed by atoms with van der Waals surface area (Å²) in [5.74, 6) is 0.555. The van der Waals surface area contributed by atoms with Gasteiger partial charge in [-0.15, -0.1) is 0 Å². The van der Waals surface area contributed by atoms with E-state index in [2.05, 4.69) is 10.2 Å². The third-order valence-electron chi connectivity index (χ3n) is 2.37. The summed E-state index contributed by atoms with van der Waals surface area (Å²) in [5, 5.41) is 15.9. The number of aromatic nitrogens is 2. The van der Waals surface area contributed by atoms with Crippen molar-refractivity contribution in [3.63, 3.8) is 0 Å². The molecule has 1 atom stereocenters. The van der Waals surface area contributed by atoms with Gasteiger partial charge in [0.15, 0.2) is 0 Å². The minimum Gasteiger partial charge on any atom is -0.389 e. The van der Waals surface area contributed by atoms with Crippen molar-refractivity contribution in [3.05, 3.63) is 36.0 Å². The number of aliphatic hydroxyl groups excluding tert-OH is 1. The molecule has 0 fully saturated rings. The Morgan fingerprint density at radius 1 is 1.33 bits per heavy atom. The molecule has 4 nitrogen and oxygen atoms in total. The van der Waals surface area contributed by atoms with Crippen LogP contribution in [0.3, 0.4) is 0 Å². The van der Waals surface area contributed by atoms with Gasteiger partial charge in [0.1, 0.15) is 5.82 Å². The van der Waals surface area contributed by atoms with E-state index >= 15 is 0 Å². The lowest BCUT2D eigenvalue weighted by molar-refractivity contribution is 0.199. The van der Waals surface area contributed by atoms with Gasteiger partial charge in [-0.05, 0) is 18.1 Å². The zero-order valence-corrected chi connectivity index (χ0v) is 8.44. The van der Waals surface area contributed by atoms with E-state index in [1.165, 1.54) is 0 Å². The van der Waals surface area contributed by atoms with E-state index in [1.54, 1.807) is 13.1 Å². The van der Waals surface area contributed by atoms with Gasteiger partial charge in [0, 0.05) is 5.56 Å². The van der Waals surface area contributed by atoms with Crippen molar-refractivity contribution in [1.29, 1.82) is 0 Å². The van der Waals surface area contributed by atoms with Crippen LogP contribution in [0.5, 0.6) is 0 Å². The Morgan fingerprint density at radius 2 is 2.00 bits per heavy atom. The number of nitrogens with two attached hydrogens (primary N) is 1. The van der Waals surface area contributed by atoms with E-state index in [-0.39, 0.29) is 0 Å². The van der Waals surface area contributed by atoms with Crippen LogP contribution in [0, 0.1) is 0 Å². The van der Waals surface area contributed by atoms with Crippen LogP contribution in [0.4, 0.5) is 5.82 Å². The lowest BCUT2D eigenvalue weighted by Crippen LogP contribution is -1.91. The van der Waals surface area contributed by atoms with E-state index in [0.717, 1.165) is 16.7 Å². The van der Waals surface area contributed by atoms with Gasteiger partial charge in [-0.3, -0.25) is 5.10 Å². The largest absolute Gasteiger partial charge is 0.389 e. The molecule has 0 spiro atoms. The molecule has 1 heterocycles. The number of H-pyrrole nitrogens is 1. The number of anilines is 1. The summed E-state index contributed by atoms with van der Waals surface area (Å²) >= 11 is 0. The Hall–Kier alpha value is -1.81. The molecule has 1 aromatic heterocycles. The van der Waals surface area contributed by atoms with Crippen molar-refractivity contribution in [1.82, 2.24) is 10.2 Å². The monoisotopic (exact) mass is 203 g/mol. The fraction of sp³-hybridized carbons (Fsp3) is 0.182. The lowest BCUT2D eigenvalue weighted by atomic mass is 10.0. The Bertz CT molecular complexity index is 445. The number of nitrogen functional groups attached to an aromatic ring is 1. The standard InChI is InChI=1S/C11H13N3O/c1-7(15)8-2-4-9(5-3-8)10-6-13-14-11(10)12/h2-7,15H,1H3,(H3,12,13,14). The van der Waals surface area contributed by atoms with E-state index < -0.39 is 6.10 Å². The highest BCUT2D eigenvalue weighted by atomic mass is 16.3. The minimum absolute atomic E-state index is 0.444. The summed E-state index contributed by atoms with van der Waals surface area (Å²) in [6, 6.07) is 7.60. The fourth-order valence-electron chi connectivity index (χ4n) is 1.47. The van der Waals surface area contributed by atoms with E-state index in [0.29, 0.717) is 5.82 Å². The molecule has 0 saturated carbocycles. The Morgan fingerprint density at radius 3 is 2.47 bits per heavy atom. The van der Waals surface area contributed by atoms with Crippen LogP contribution in [0.1, 0.15) is 18.6 Å². The zero-order valence-electron chi connectivity index (χ0n) is 8.44. The first kappa shape index (κ1) is 9.73. The second-order valence-electron chi connectivity index (χ2n) is 3.50. The van der Waals surface area contributed by atoms with Crippen molar-refractivity contribution in [2.24, 2.45) is 0 Å². The van der Waals surface area contributed by atoms with E-state index in [4.69, 9.17) is 5.73 Å². The number of hydrogen-bond donors (Lipinski definition) is 3. The summed E-state index contributed by atoms with van der Waals surface area (Å²) in [5.41, 5.74) is 8.47. The highest BCUT2D eigenvalue weighted by Crippen LogP contribution is 2.24. The molecule has 0 amide bonds. The average Bonchev–Trinajstić information content (AvgIpc) is 2.65. The molecular formula is C11H13N3O. The highest BCUT2D eigenvalue weighted by Gasteiger charge is 2.05. The smallest absolute Gasteiger partial charge is 0.126 e. The van der Waals surface area contributed by atoms with Gasteiger partial charge in [-0.2, -0.15) is 5.10 Å². The van der Waals surface area contributed by atoms with Gasteiger partial charge >= 0.3 is 0 Å². The van der Waals surface area contributed by atoms with Crippen LogP contribution < -0.4 is 5.73 Å². The molecule has 4 heteroatoms. The molecule has 4 N–H and O–H groups in total. The van der Waals surface area contributed by atoms with Gasteiger partial charge < -0.3 is 10.8 Å². The van der Waals surface area contributed by atoms with Crippen molar-refractivity contribution < 1.29 is 5.11 Å². The number of nitrogens with one attached hydrogen (secondary N) is 1. The molecule has 0 aliphatic rings. The molecule has 0 aliphatic heterocycles. The van der Waals surface area contributed by atoms with E-state index in [1.807, 2.05) is 24.3 Å². The third kappa shape index (κ3) is 1.85. The topological polar surface area (TPSA) is 74.9 Å². The number of hydrogen-bond acceptors (Lipinski definition) is 3. The van der Waals surface area contributed by atoms with Crippen LogP contribution >= 0.6 is 0 Å². The molecule has 1 unspecified atom stereocenters. The second-order valence-corrected chi connectivity index (χ2v) is 3.50. The maximum atomic E-state index is 9.36. The molecule has 15 heavy (non-hydrogen) atoms. The van der Waals surface area contributed by atoms with Crippen molar-refractivity contribution in [3.8, 4) is 11.1 Å². The van der Waals surface area contributed by atoms with Crippen LogP contribution in [0.15, 0.2) is 30.5 Å². The summed E-state index contributed by atoms with van der Waals surface area (Å²) in [6.07, 6.45) is 1.24. The summed E-state index contributed by atoms with van der Waals surface area (Å²) in [7, 11) is 0. The highest BCUT2D eigenvalue weighted by molar-refractivity contribution is 5.72. The molecule has 1 aromatic carbocycles. The molecule has 0 bridgehead atoms. The summed E-state index contributed by atoms with van der Waals surface area (Å²) in [4.78, 5) is 0. The third-order valence-corrected chi connectivity index (χ3v) is 2.37. The van der Waals surface area contributed by atoms with Crippen molar-refractivity contribution >= 4 is 5.82 Å². The molecule has 78 valence electrons. The van der Waals surface area contributed by atoms with Gasteiger partial charge in [0.2, 0.25) is 0 Å². The minimum atomic E-state index is -0.444. The van der Waals surface area contributed by atoms with Crippen molar-refractivity contribution in [2.75, 3.05) is 5.73 Å². The maximum absolute atomic E-state index is 9.36. The first-order valence-electron chi connectivity index (χ1n) is 4.75. The van der Waals surface area contributed by atoms with Gasteiger partial charge in [0.25, 0.3) is 0 Å². The maximum Gasteiger partial charge on any atom is 0.126 e. The Balaban J connectivity index is 2.36. The average molecular weight is 203 g/mol. The lowest BCUT2D eigenvalue weighted by Gasteiger charge is -2.05. The number of aromatic amines is 1. The molecular weight excluding hydrogens is 190 g/mol. The summed E-state index contributed by atoms with van der Waals surface area (Å²) < 4.78 is 0. The second kappa shape index (κ2) is 3.74. The molecule has 2 aromatic rings. The number of rotatable bonds is 2. The Kier molecular flexibility index (Phi) is 2.43. The van der Waals surface area contributed by atoms with Crippen LogP contribution in [-0.2, 0) is 0 Å². The molecule has 2 rings (SSSR count). The van der Waals surface area contributed by atoms with E-state index in [9.17, 15) is 5.11 Å². The van der Waals surface area contributed by atoms with Crippen molar-refractivity contribution in [2.45, 2.75) is 13.0 Å². The van der Waals surface area contributed by atoms with Crippen LogP contribution in [0.2, 0.25) is 0 Å². The predicted octanol–water partition coefficient (Wildman–Crippen LogP) is 1.71. The molecule has 0 radical (unpaired) electrons. The van der Waals surface area contributed by atoms with Gasteiger partial charge in [-0.25, -0.2) is 0 Å². The molecule has 0 saturated heterocycles. The molecule has 0 aliphatic carbocycles. The SMILES string of the molecule is CC(O)c1ccc(-c2cn[nH]c2N)cc1. The zero-order chi connectivity index (χ0) is 10.8. The summed E-state index contributed by atoms with van der Waals surface area (Å²) in [6.45, 7) is 1.74.